The Morgan fingerprint density at radius 2 is 1.00 bits per heavy atom. The second kappa shape index (κ2) is 19.9. The Labute approximate surface area is 196 Å². The third kappa shape index (κ3) is 14.1. The molecule has 0 aliphatic carbocycles. The minimum atomic E-state index is 0.551. The molecule has 31 heavy (non-hydrogen) atoms. The lowest BCUT2D eigenvalue weighted by molar-refractivity contribution is -0.723. The average Bonchev–Trinajstić information content (AvgIpc) is 3.25. The summed E-state index contributed by atoms with van der Waals surface area (Å²) in [4.78, 5) is 3.61. The highest BCUT2D eigenvalue weighted by Crippen LogP contribution is 2.26. The number of H-pyrrole nitrogens is 1. The summed E-state index contributed by atoms with van der Waals surface area (Å²) < 4.78 is 2.48. The molecule has 0 fully saturated rings. The van der Waals surface area contributed by atoms with Crippen molar-refractivity contribution in [2.45, 2.75) is 168 Å². The van der Waals surface area contributed by atoms with Crippen LogP contribution in [0.25, 0.3) is 0 Å². The van der Waals surface area contributed by atoms with Crippen molar-refractivity contribution >= 4 is 0 Å². The Kier molecular flexibility index (Phi) is 18.1. The number of imidazole rings is 1. The van der Waals surface area contributed by atoms with E-state index in [1.807, 2.05) is 0 Å². The molecule has 0 saturated carbocycles. The van der Waals surface area contributed by atoms with E-state index in [0.29, 0.717) is 12.0 Å². The normalized spacial score (nSPS) is 12.7. The maximum absolute atomic E-state index is 3.61. The number of hydrogen-bond acceptors (Lipinski definition) is 0. The minimum Gasteiger partial charge on any atom is -0.247 e. The van der Waals surface area contributed by atoms with E-state index >= 15 is 0 Å². The summed E-state index contributed by atoms with van der Waals surface area (Å²) >= 11 is 0. The van der Waals surface area contributed by atoms with Gasteiger partial charge in [-0.05, 0) is 26.7 Å². The van der Waals surface area contributed by atoms with Crippen molar-refractivity contribution in [2.24, 2.45) is 0 Å². The van der Waals surface area contributed by atoms with Crippen LogP contribution in [0, 0.1) is 0 Å². The number of aromatic nitrogens is 2. The largest absolute Gasteiger partial charge is 0.257 e. The van der Waals surface area contributed by atoms with E-state index in [1.54, 1.807) is 0 Å². The summed E-state index contributed by atoms with van der Waals surface area (Å²) in [5, 5.41) is 0. The van der Waals surface area contributed by atoms with Crippen LogP contribution in [0.2, 0.25) is 0 Å². The number of unbranched alkanes of at least 4 members (excludes halogenated alkanes) is 16. The Morgan fingerprint density at radius 1 is 0.613 bits per heavy atom. The molecule has 1 heterocycles. The molecule has 0 radical (unpaired) electrons. The van der Waals surface area contributed by atoms with E-state index in [9.17, 15) is 0 Å². The zero-order chi connectivity index (χ0) is 22.6. The second-order valence-corrected chi connectivity index (χ2v) is 10.3. The minimum absolute atomic E-state index is 0.551. The number of nitrogens with zero attached hydrogens (tertiary/aromatic N) is 1. The molecule has 0 aliphatic rings. The fourth-order valence-corrected chi connectivity index (χ4v) is 4.96. The average molecular weight is 434 g/mol. The van der Waals surface area contributed by atoms with E-state index in [4.69, 9.17) is 0 Å². The standard InChI is InChI=1S/C29H56N2/c1-5-7-9-11-13-14-15-16-18-20-22-24-28(23-21-19-17-12-10-8-6-2)29-30-25-26-31(29)27(3)4/h25-28H,5-24H2,1-4H3/p+1/t28-/m0/s1. The molecule has 1 atom stereocenters. The van der Waals surface area contributed by atoms with Gasteiger partial charge >= 0.3 is 0 Å². The fraction of sp³-hybridized carbons (Fsp3) is 0.897. The lowest BCUT2D eigenvalue weighted by atomic mass is 9.93. The van der Waals surface area contributed by atoms with Gasteiger partial charge < -0.3 is 0 Å². The summed E-state index contributed by atoms with van der Waals surface area (Å²) in [6, 6.07) is 0.551. The molecule has 2 nitrogen and oxygen atoms in total. The molecular weight excluding hydrogens is 376 g/mol. The molecule has 0 amide bonds. The van der Waals surface area contributed by atoms with Crippen molar-refractivity contribution in [1.82, 2.24) is 4.98 Å². The smallest absolute Gasteiger partial charge is 0.247 e. The maximum Gasteiger partial charge on any atom is 0.257 e. The summed E-state index contributed by atoms with van der Waals surface area (Å²) in [6.07, 6.45) is 32.8. The molecule has 0 aromatic carbocycles. The van der Waals surface area contributed by atoms with Crippen LogP contribution in [0.3, 0.4) is 0 Å². The monoisotopic (exact) mass is 433 g/mol. The lowest BCUT2D eigenvalue weighted by Crippen LogP contribution is -2.39. The SMILES string of the molecule is CCCCCCCCCCCCC[C@H](CCCCCCCCC)c1[nH]cc[n+]1C(C)C. The summed E-state index contributed by atoms with van der Waals surface area (Å²) in [5.74, 6) is 2.19. The molecule has 0 unspecified atom stereocenters. The van der Waals surface area contributed by atoms with Gasteiger partial charge in [0.05, 0.1) is 12.0 Å². The molecule has 1 rings (SSSR count). The molecule has 182 valence electrons. The van der Waals surface area contributed by atoms with E-state index in [0.717, 1.165) is 0 Å². The van der Waals surface area contributed by atoms with E-state index in [2.05, 4.69) is 49.6 Å². The summed E-state index contributed by atoms with van der Waals surface area (Å²) in [6.45, 7) is 9.23. The van der Waals surface area contributed by atoms with Crippen LogP contribution in [-0.4, -0.2) is 4.98 Å². The van der Waals surface area contributed by atoms with Crippen molar-refractivity contribution in [1.29, 1.82) is 0 Å². The Bertz CT molecular complexity index is 491. The highest BCUT2D eigenvalue weighted by Gasteiger charge is 2.23. The van der Waals surface area contributed by atoms with Crippen LogP contribution in [0.5, 0.6) is 0 Å². The van der Waals surface area contributed by atoms with Crippen LogP contribution >= 0.6 is 0 Å². The molecule has 0 saturated heterocycles. The zero-order valence-corrected chi connectivity index (χ0v) is 21.9. The van der Waals surface area contributed by atoms with Gasteiger partial charge in [0.15, 0.2) is 0 Å². The van der Waals surface area contributed by atoms with Crippen molar-refractivity contribution in [2.75, 3.05) is 0 Å². The first-order valence-electron chi connectivity index (χ1n) is 14.3. The first kappa shape index (κ1) is 28.2. The molecule has 1 aromatic rings. The van der Waals surface area contributed by atoms with Gasteiger partial charge in [-0.15, -0.1) is 0 Å². The third-order valence-electron chi connectivity index (χ3n) is 7.00. The van der Waals surface area contributed by atoms with Gasteiger partial charge in [0.1, 0.15) is 12.4 Å². The molecule has 1 N–H and O–H groups in total. The maximum atomic E-state index is 3.61. The zero-order valence-electron chi connectivity index (χ0n) is 21.9. The van der Waals surface area contributed by atoms with Gasteiger partial charge in [-0.1, -0.05) is 129 Å². The van der Waals surface area contributed by atoms with Gasteiger partial charge in [-0.25, -0.2) is 9.55 Å². The van der Waals surface area contributed by atoms with Crippen molar-refractivity contribution in [3.8, 4) is 0 Å². The molecule has 0 aliphatic heterocycles. The lowest BCUT2D eigenvalue weighted by Gasteiger charge is -2.15. The Balaban J connectivity index is 2.26. The van der Waals surface area contributed by atoms with Gasteiger partial charge in [0, 0.05) is 0 Å². The number of aromatic amines is 1. The van der Waals surface area contributed by atoms with Crippen LogP contribution in [0.1, 0.15) is 174 Å². The molecular formula is C29H57N2+. The van der Waals surface area contributed by atoms with Gasteiger partial charge in [-0.2, -0.15) is 0 Å². The van der Waals surface area contributed by atoms with Crippen molar-refractivity contribution < 1.29 is 4.57 Å². The highest BCUT2D eigenvalue weighted by molar-refractivity contribution is 4.90. The van der Waals surface area contributed by atoms with Crippen LogP contribution in [0.4, 0.5) is 0 Å². The predicted octanol–water partition coefficient (Wildman–Crippen LogP) is 9.81. The summed E-state index contributed by atoms with van der Waals surface area (Å²) in [7, 11) is 0. The third-order valence-corrected chi connectivity index (χ3v) is 7.00. The second-order valence-electron chi connectivity index (χ2n) is 10.3. The first-order chi connectivity index (χ1) is 15.2. The summed E-state index contributed by atoms with van der Waals surface area (Å²) in [5.41, 5.74) is 0. The van der Waals surface area contributed by atoms with Crippen LogP contribution < -0.4 is 4.57 Å². The first-order valence-corrected chi connectivity index (χ1v) is 14.3. The quantitative estimate of drug-likeness (QED) is 0.139. The molecule has 0 bridgehead atoms. The highest BCUT2D eigenvalue weighted by atomic mass is 15.1. The fourth-order valence-electron chi connectivity index (χ4n) is 4.96. The number of rotatable bonds is 22. The van der Waals surface area contributed by atoms with Gasteiger partial charge in [-0.3, -0.25) is 0 Å². The predicted molar refractivity (Wildman–Crippen MR) is 138 cm³/mol. The van der Waals surface area contributed by atoms with Gasteiger partial charge in [0.25, 0.3) is 5.82 Å². The van der Waals surface area contributed by atoms with E-state index in [-0.39, 0.29) is 0 Å². The van der Waals surface area contributed by atoms with E-state index < -0.39 is 0 Å². The Hall–Kier alpha value is -0.790. The molecule has 2 heteroatoms. The van der Waals surface area contributed by atoms with Crippen LogP contribution in [0.15, 0.2) is 12.4 Å². The molecule has 0 spiro atoms. The number of hydrogen-bond donors (Lipinski definition) is 1. The van der Waals surface area contributed by atoms with Crippen molar-refractivity contribution in [3.05, 3.63) is 18.2 Å². The Morgan fingerprint density at radius 3 is 1.39 bits per heavy atom. The topological polar surface area (TPSA) is 19.7 Å². The van der Waals surface area contributed by atoms with Crippen LogP contribution in [-0.2, 0) is 0 Å². The van der Waals surface area contributed by atoms with E-state index in [1.165, 1.54) is 134 Å². The number of nitrogens with one attached hydrogen (secondary N) is 1. The molecule has 1 aromatic heterocycles. The van der Waals surface area contributed by atoms with Gasteiger partial charge in [0.2, 0.25) is 0 Å². The van der Waals surface area contributed by atoms with Crippen molar-refractivity contribution in [3.63, 3.8) is 0 Å².